The van der Waals surface area contributed by atoms with E-state index in [4.69, 9.17) is 5.10 Å². The first-order chi connectivity index (χ1) is 23.6. The molecule has 14 nitrogen and oxygen atoms in total. The Morgan fingerprint density at radius 2 is 1.78 bits per heavy atom. The maximum atomic E-state index is 12.8. The summed E-state index contributed by atoms with van der Waals surface area (Å²) in [5.74, 6) is -0.192. The van der Waals surface area contributed by atoms with Gasteiger partial charge < -0.3 is 20.9 Å². The summed E-state index contributed by atoms with van der Waals surface area (Å²) >= 11 is 0. The number of aromatic nitrogens is 5. The molecule has 1 atom stereocenters. The Labute approximate surface area is 285 Å². The zero-order valence-corrected chi connectivity index (χ0v) is 28.8. The monoisotopic (exact) mass is 684 g/mol. The molecule has 3 aromatic heterocycles. The van der Waals surface area contributed by atoms with E-state index < -0.39 is 15.7 Å². The van der Waals surface area contributed by atoms with Crippen LogP contribution < -0.4 is 20.9 Å². The highest BCUT2D eigenvalue weighted by Crippen LogP contribution is 2.50. The van der Waals surface area contributed by atoms with Crippen LogP contribution in [0.1, 0.15) is 67.1 Å². The summed E-state index contributed by atoms with van der Waals surface area (Å²) in [5.41, 5.74) is 6.24. The van der Waals surface area contributed by atoms with E-state index in [1.54, 1.807) is 25.1 Å². The van der Waals surface area contributed by atoms with Crippen molar-refractivity contribution < 1.29 is 18.0 Å². The van der Waals surface area contributed by atoms with Crippen molar-refractivity contribution in [1.82, 2.24) is 35.2 Å². The Morgan fingerprint density at radius 3 is 2.49 bits per heavy atom. The van der Waals surface area contributed by atoms with Crippen LogP contribution in [-0.4, -0.2) is 83.0 Å². The summed E-state index contributed by atoms with van der Waals surface area (Å²) in [5, 5.41) is 22.2. The first-order valence-electron chi connectivity index (χ1n) is 16.6. The Morgan fingerprint density at radius 1 is 1.00 bits per heavy atom. The fraction of sp³-hybridized carbons (Fsp3) is 0.412. The van der Waals surface area contributed by atoms with Gasteiger partial charge in [-0.15, -0.1) is 10.2 Å². The van der Waals surface area contributed by atoms with Crippen LogP contribution >= 0.6 is 0 Å². The van der Waals surface area contributed by atoms with Crippen molar-refractivity contribution in [3.63, 3.8) is 0 Å². The summed E-state index contributed by atoms with van der Waals surface area (Å²) in [6.07, 6.45) is 4.49. The molecule has 2 fully saturated rings. The van der Waals surface area contributed by atoms with E-state index in [1.807, 2.05) is 24.4 Å². The number of amides is 2. The average Bonchev–Trinajstić information content (AvgIpc) is 3.86. The van der Waals surface area contributed by atoms with Crippen LogP contribution in [0.3, 0.4) is 0 Å². The predicted molar refractivity (Wildman–Crippen MR) is 185 cm³/mol. The number of nitrogens with one attached hydrogen (secondary N) is 3. The van der Waals surface area contributed by atoms with Gasteiger partial charge in [-0.3, -0.25) is 19.2 Å². The average molecular weight is 685 g/mol. The topological polar surface area (TPSA) is 167 Å². The van der Waals surface area contributed by atoms with E-state index in [9.17, 15) is 18.0 Å². The lowest BCUT2D eigenvalue weighted by Crippen LogP contribution is -2.48. The summed E-state index contributed by atoms with van der Waals surface area (Å²) in [6.45, 7) is 5.89. The van der Waals surface area contributed by atoms with Crippen LogP contribution in [0, 0.1) is 5.92 Å². The van der Waals surface area contributed by atoms with Crippen molar-refractivity contribution in [2.75, 3.05) is 48.5 Å². The van der Waals surface area contributed by atoms with Crippen molar-refractivity contribution in [2.24, 2.45) is 5.92 Å². The van der Waals surface area contributed by atoms with Crippen LogP contribution in [-0.2, 0) is 21.2 Å². The smallest absolute Gasteiger partial charge is 0.273 e. The molecule has 5 heterocycles. The summed E-state index contributed by atoms with van der Waals surface area (Å²) < 4.78 is 26.8. The number of likely N-dealkylation sites (tertiary alicyclic amines) is 1. The third kappa shape index (κ3) is 6.12. The van der Waals surface area contributed by atoms with Gasteiger partial charge in [-0.25, -0.2) is 13.4 Å². The largest absolute Gasteiger partial charge is 0.364 e. The van der Waals surface area contributed by atoms with Crippen molar-refractivity contribution >= 4 is 44.5 Å². The molecule has 4 aromatic rings. The molecule has 256 valence electrons. The van der Waals surface area contributed by atoms with Gasteiger partial charge in [-0.2, -0.15) is 5.10 Å². The van der Waals surface area contributed by atoms with Crippen LogP contribution in [0.5, 0.6) is 0 Å². The Hall–Kier alpha value is -4.89. The van der Waals surface area contributed by atoms with E-state index in [0.29, 0.717) is 12.2 Å². The van der Waals surface area contributed by atoms with E-state index in [-0.39, 0.29) is 46.2 Å². The van der Waals surface area contributed by atoms with Gasteiger partial charge in [0, 0.05) is 56.8 Å². The first kappa shape index (κ1) is 32.6. The summed E-state index contributed by atoms with van der Waals surface area (Å²) in [7, 11) is 0.239. The quantitative estimate of drug-likeness (QED) is 0.209. The highest BCUT2D eigenvalue weighted by Gasteiger charge is 2.38. The molecule has 1 aliphatic carbocycles. The second-order valence-corrected chi connectivity index (χ2v) is 15.0. The van der Waals surface area contributed by atoms with Crippen LogP contribution in [0.2, 0.25) is 0 Å². The van der Waals surface area contributed by atoms with Crippen molar-refractivity contribution in [3.05, 3.63) is 65.7 Å². The fourth-order valence-corrected chi connectivity index (χ4v) is 7.56. The number of hydrogen-bond donors (Lipinski definition) is 3. The number of sulfone groups is 1. The second kappa shape index (κ2) is 12.9. The molecule has 15 heteroatoms. The van der Waals surface area contributed by atoms with Crippen molar-refractivity contribution in [3.8, 4) is 11.1 Å². The lowest BCUT2D eigenvalue weighted by atomic mass is 9.91. The number of carbonyl (C=O) groups excluding carboxylic acids is 2. The summed E-state index contributed by atoms with van der Waals surface area (Å²) in [4.78, 5) is 34.2. The molecule has 49 heavy (non-hydrogen) atoms. The van der Waals surface area contributed by atoms with Gasteiger partial charge in [-0.05, 0) is 37.5 Å². The molecular weight excluding hydrogens is 645 g/mol. The number of para-hydroxylation sites is 1. The highest BCUT2D eigenvalue weighted by molar-refractivity contribution is 7.91. The molecule has 1 saturated carbocycles. The maximum Gasteiger partial charge on any atom is 0.273 e. The molecule has 0 unspecified atom stereocenters. The van der Waals surface area contributed by atoms with Crippen LogP contribution in [0.25, 0.3) is 11.1 Å². The number of hydrogen-bond acceptors (Lipinski definition) is 11. The molecule has 2 amide bonds. The van der Waals surface area contributed by atoms with Gasteiger partial charge in [0.2, 0.25) is 5.91 Å². The molecule has 0 radical (unpaired) electrons. The van der Waals surface area contributed by atoms with Crippen molar-refractivity contribution in [1.29, 1.82) is 0 Å². The van der Waals surface area contributed by atoms with Gasteiger partial charge in [0.15, 0.2) is 26.4 Å². The van der Waals surface area contributed by atoms with Crippen LogP contribution in [0.15, 0.2) is 53.7 Å². The maximum absolute atomic E-state index is 12.8. The number of anilines is 4. The third-order valence-electron chi connectivity index (χ3n) is 9.54. The SMILES string of the molecule is CC[C@@H]1c2c(cnn2C2CN(Cc3cccc(S(=O)(=O)CC)n3)C2)-c2cccc(Nc3cc(NC(=O)C4CC4)nnc3C(=O)NC)c2N1C. The zero-order valence-electron chi connectivity index (χ0n) is 28.0. The van der Waals surface area contributed by atoms with Gasteiger partial charge in [-0.1, -0.05) is 32.0 Å². The minimum Gasteiger partial charge on any atom is -0.364 e. The minimum absolute atomic E-state index is 0.00325. The minimum atomic E-state index is -3.37. The van der Waals surface area contributed by atoms with Gasteiger partial charge >= 0.3 is 0 Å². The predicted octanol–water partition coefficient (Wildman–Crippen LogP) is 3.94. The zero-order chi connectivity index (χ0) is 34.4. The van der Waals surface area contributed by atoms with Gasteiger partial charge in [0.25, 0.3) is 5.91 Å². The standard InChI is InChI=1S/C34H40N10O4S/c1-5-27-32-24(16-36-44(32)22-18-43(19-22)17-21-9-7-12-29(37-21)49(47,48)6-2)23-10-8-11-25(31(23)42(27)4)38-26-15-28(39-33(45)20-13-14-20)40-41-30(26)34(46)35-3/h7-12,15-16,20,22,27H,5-6,13-14,17-19H2,1-4H3,(H,35,46)(H2,38,39,40,45)/t27-/m1/s1. The van der Waals surface area contributed by atoms with E-state index in [0.717, 1.165) is 66.2 Å². The summed E-state index contributed by atoms with van der Waals surface area (Å²) in [6, 6.07) is 13.0. The number of carbonyl (C=O) groups is 2. The molecule has 2 aliphatic heterocycles. The van der Waals surface area contributed by atoms with Gasteiger partial charge in [0.1, 0.15) is 0 Å². The Balaban J connectivity index is 1.15. The number of nitrogens with zero attached hydrogens (tertiary/aromatic N) is 7. The number of rotatable bonds is 11. The number of pyridine rings is 1. The lowest BCUT2D eigenvalue weighted by molar-refractivity contribution is -0.117. The highest BCUT2D eigenvalue weighted by atomic mass is 32.2. The van der Waals surface area contributed by atoms with Crippen molar-refractivity contribution in [2.45, 2.75) is 56.8 Å². The molecule has 1 saturated heterocycles. The Bertz CT molecular complexity index is 2040. The molecule has 3 aliphatic rings. The molecule has 7 rings (SSSR count). The number of fused-ring (bicyclic) bond motifs is 3. The van der Waals surface area contributed by atoms with Gasteiger partial charge in [0.05, 0.1) is 52.5 Å². The molecular formula is C34H40N10O4S. The molecule has 3 N–H and O–H groups in total. The van der Waals surface area contributed by atoms with E-state index >= 15 is 0 Å². The Kier molecular flexibility index (Phi) is 8.57. The normalized spacial score (nSPS) is 17.6. The first-order valence-corrected chi connectivity index (χ1v) is 18.3. The number of benzene rings is 1. The van der Waals surface area contributed by atoms with E-state index in [1.165, 1.54) is 7.05 Å². The van der Waals surface area contributed by atoms with E-state index in [2.05, 4.69) is 65.7 Å². The molecule has 0 spiro atoms. The second-order valence-electron chi connectivity index (χ2n) is 12.8. The van der Waals surface area contributed by atoms with Crippen LogP contribution in [0.4, 0.5) is 22.9 Å². The third-order valence-corrected chi connectivity index (χ3v) is 11.2. The molecule has 1 aromatic carbocycles. The lowest BCUT2D eigenvalue weighted by Gasteiger charge is -2.43. The molecule has 0 bridgehead atoms. The fourth-order valence-electron chi connectivity index (χ4n) is 6.73.